The van der Waals surface area contributed by atoms with E-state index in [9.17, 15) is 9.59 Å². The molecule has 0 aromatic heterocycles. The van der Waals surface area contributed by atoms with E-state index in [2.05, 4.69) is 18.3 Å². The summed E-state index contributed by atoms with van der Waals surface area (Å²) >= 11 is 1.64. The summed E-state index contributed by atoms with van der Waals surface area (Å²) in [4.78, 5) is 26.2. The molecule has 1 aliphatic heterocycles. The minimum atomic E-state index is -0.0377. The Hall–Kier alpha value is -2.27. The van der Waals surface area contributed by atoms with Crippen LogP contribution in [0.2, 0.25) is 0 Å². The number of hydrogen-bond acceptors (Lipinski definition) is 3. The van der Waals surface area contributed by atoms with E-state index in [0.29, 0.717) is 12.2 Å². The van der Waals surface area contributed by atoms with Crippen LogP contribution < -0.4 is 10.2 Å². The predicted molar refractivity (Wildman–Crippen MR) is 109 cm³/mol. The number of amides is 2. The third-order valence-electron chi connectivity index (χ3n) is 4.44. The highest BCUT2D eigenvalue weighted by Gasteiger charge is 2.34. The second kappa shape index (κ2) is 7.96. The molecule has 4 nitrogen and oxygen atoms in total. The smallest absolute Gasteiger partial charge is 0.238 e. The zero-order chi connectivity index (χ0) is 18.7. The Kier molecular flexibility index (Phi) is 5.67. The number of hydrogen-bond donors (Lipinski definition) is 1. The fourth-order valence-electron chi connectivity index (χ4n) is 3.19. The molecule has 2 aromatic carbocycles. The molecule has 5 heteroatoms. The van der Waals surface area contributed by atoms with Crippen molar-refractivity contribution >= 4 is 35.0 Å². The van der Waals surface area contributed by atoms with Gasteiger partial charge in [-0.1, -0.05) is 36.8 Å². The molecule has 136 valence electrons. The van der Waals surface area contributed by atoms with Gasteiger partial charge < -0.3 is 5.32 Å². The van der Waals surface area contributed by atoms with Gasteiger partial charge in [-0.05, 0) is 49.6 Å². The molecular formula is C21H24N2O2S. The molecule has 1 saturated heterocycles. The van der Waals surface area contributed by atoms with Gasteiger partial charge in [0.15, 0.2) is 0 Å². The molecule has 0 aliphatic carbocycles. The van der Waals surface area contributed by atoms with Gasteiger partial charge in [0, 0.05) is 17.8 Å². The highest BCUT2D eigenvalue weighted by Crippen LogP contribution is 2.43. The molecule has 26 heavy (non-hydrogen) atoms. The fourth-order valence-corrected chi connectivity index (χ4v) is 4.36. The standard InChI is InChI=1S/C21H24N2O2S/c1-4-5-19(24)22-17-9-7-16(8-10-17)21-23(20(25)13-26-21)18-11-6-14(2)12-15(18)3/h6-12,21H,4-5,13H2,1-3H3,(H,22,24). The third kappa shape index (κ3) is 3.93. The Bertz CT molecular complexity index is 817. The van der Waals surface area contributed by atoms with Gasteiger partial charge in [0.25, 0.3) is 0 Å². The van der Waals surface area contributed by atoms with Crippen LogP contribution in [0.25, 0.3) is 0 Å². The fraction of sp³-hybridized carbons (Fsp3) is 0.333. The van der Waals surface area contributed by atoms with Crippen molar-refractivity contribution < 1.29 is 9.59 Å². The van der Waals surface area contributed by atoms with Gasteiger partial charge in [-0.25, -0.2) is 0 Å². The first kappa shape index (κ1) is 18.5. The number of benzene rings is 2. The van der Waals surface area contributed by atoms with Crippen molar-refractivity contribution in [3.8, 4) is 0 Å². The molecule has 2 aromatic rings. The van der Waals surface area contributed by atoms with Crippen LogP contribution in [-0.2, 0) is 9.59 Å². The van der Waals surface area contributed by atoms with Crippen LogP contribution in [0.1, 0.15) is 41.8 Å². The molecule has 0 saturated carbocycles. The lowest BCUT2D eigenvalue weighted by Crippen LogP contribution is -2.28. The van der Waals surface area contributed by atoms with Crippen molar-refractivity contribution in [3.63, 3.8) is 0 Å². The Balaban J connectivity index is 1.83. The number of nitrogens with one attached hydrogen (secondary N) is 1. The van der Waals surface area contributed by atoms with E-state index >= 15 is 0 Å². The lowest BCUT2D eigenvalue weighted by atomic mass is 10.1. The van der Waals surface area contributed by atoms with E-state index in [1.165, 1.54) is 5.56 Å². The maximum absolute atomic E-state index is 12.5. The first-order valence-electron chi connectivity index (χ1n) is 8.90. The molecule has 0 spiro atoms. The molecule has 1 N–H and O–H groups in total. The van der Waals surface area contributed by atoms with E-state index in [-0.39, 0.29) is 17.2 Å². The van der Waals surface area contributed by atoms with E-state index < -0.39 is 0 Å². The largest absolute Gasteiger partial charge is 0.326 e. The van der Waals surface area contributed by atoms with Crippen molar-refractivity contribution in [2.75, 3.05) is 16.0 Å². The second-order valence-corrected chi connectivity index (χ2v) is 7.71. The van der Waals surface area contributed by atoms with Crippen LogP contribution in [0, 0.1) is 13.8 Å². The number of carbonyl (C=O) groups excluding carboxylic acids is 2. The number of anilines is 2. The van der Waals surface area contributed by atoms with Gasteiger partial charge in [0.05, 0.1) is 5.75 Å². The SMILES string of the molecule is CCCC(=O)Nc1ccc(C2SCC(=O)N2c2ccc(C)cc2C)cc1. The number of carbonyl (C=O) groups is 2. The Morgan fingerprint density at radius 3 is 2.58 bits per heavy atom. The number of aryl methyl sites for hydroxylation is 2. The summed E-state index contributed by atoms with van der Waals surface area (Å²) in [5.74, 6) is 0.641. The molecule has 0 radical (unpaired) electrons. The summed E-state index contributed by atoms with van der Waals surface area (Å²) < 4.78 is 0. The summed E-state index contributed by atoms with van der Waals surface area (Å²) in [6, 6.07) is 14.0. The van der Waals surface area contributed by atoms with Crippen LogP contribution in [0.3, 0.4) is 0 Å². The van der Waals surface area contributed by atoms with E-state index in [4.69, 9.17) is 0 Å². The summed E-state index contributed by atoms with van der Waals surface area (Å²) in [6.07, 6.45) is 1.35. The molecule has 3 rings (SSSR count). The Morgan fingerprint density at radius 1 is 1.19 bits per heavy atom. The van der Waals surface area contributed by atoms with Crippen molar-refractivity contribution in [3.05, 3.63) is 59.2 Å². The highest BCUT2D eigenvalue weighted by atomic mass is 32.2. The zero-order valence-corrected chi connectivity index (χ0v) is 16.2. The number of rotatable bonds is 5. The summed E-state index contributed by atoms with van der Waals surface area (Å²) in [7, 11) is 0. The second-order valence-electron chi connectivity index (χ2n) is 6.64. The van der Waals surface area contributed by atoms with Gasteiger partial charge in [0.1, 0.15) is 5.37 Å². The molecule has 1 heterocycles. The monoisotopic (exact) mass is 368 g/mol. The minimum absolute atomic E-state index is 0.0302. The maximum Gasteiger partial charge on any atom is 0.238 e. The number of thioether (sulfide) groups is 1. The lowest BCUT2D eigenvalue weighted by Gasteiger charge is -2.26. The average Bonchev–Trinajstić information content (AvgIpc) is 2.97. The molecule has 1 aliphatic rings. The average molecular weight is 369 g/mol. The molecule has 1 atom stereocenters. The highest BCUT2D eigenvalue weighted by molar-refractivity contribution is 8.00. The van der Waals surface area contributed by atoms with Crippen LogP contribution in [-0.4, -0.2) is 17.6 Å². The van der Waals surface area contributed by atoms with E-state index in [1.54, 1.807) is 11.8 Å². The summed E-state index contributed by atoms with van der Waals surface area (Å²) in [5.41, 5.74) is 5.12. The van der Waals surface area contributed by atoms with Crippen molar-refractivity contribution in [2.45, 2.75) is 39.0 Å². The molecule has 1 fully saturated rings. The lowest BCUT2D eigenvalue weighted by molar-refractivity contribution is -0.116. The van der Waals surface area contributed by atoms with Crippen molar-refractivity contribution in [1.29, 1.82) is 0 Å². The van der Waals surface area contributed by atoms with Crippen LogP contribution in [0.4, 0.5) is 11.4 Å². The Morgan fingerprint density at radius 2 is 1.92 bits per heavy atom. The summed E-state index contributed by atoms with van der Waals surface area (Å²) in [5, 5.41) is 2.86. The van der Waals surface area contributed by atoms with E-state index in [0.717, 1.165) is 28.9 Å². The van der Waals surface area contributed by atoms with Gasteiger partial charge in [0.2, 0.25) is 11.8 Å². The van der Waals surface area contributed by atoms with Gasteiger partial charge in [-0.3, -0.25) is 14.5 Å². The first-order chi connectivity index (χ1) is 12.5. The van der Waals surface area contributed by atoms with Crippen LogP contribution in [0.5, 0.6) is 0 Å². The van der Waals surface area contributed by atoms with Gasteiger partial charge >= 0.3 is 0 Å². The minimum Gasteiger partial charge on any atom is -0.326 e. The molecule has 1 unspecified atom stereocenters. The normalized spacial score (nSPS) is 16.8. The molecule has 2 amide bonds. The zero-order valence-electron chi connectivity index (χ0n) is 15.4. The number of nitrogens with zero attached hydrogens (tertiary/aromatic N) is 1. The van der Waals surface area contributed by atoms with Crippen molar-refractivity contribution in [1.82, 2.24) is 0 Å². The maximum atomic E-state index is 12.5. The first-order valence-corrected chi connectivity index (χ1v) is 9.95. The van der Waals surface area contributed by atoms with Crippen LogP contribution >= 0.6 is 11.8 Å². The third-order valence-corrected chi connectivity index (χ3v) is 5.65. The van der Waals surface area contributed by atoms with Gasteiger partial charge in [-0.2, -0.15) is 0 Å². The Labute approximate surface area is 159 Å². The predicted octanol–water partition coefficient (Wildman–Crippen LogP) is 4.82. The van der Waals surface area contributed by atoms with Crippen LogP contribution in [0.15, 0.2) is 42.5 Å². The quantitative estimate of drug-likeness (QED) is 0.823. The molecule has 0 bridgehead atoms. The summed E-state index contributed by atoms with van der Waals surface area (Å²) in [6.45, 7) is 6.08. The van der Waals surface area contributed by atoms with Gasteiger partial charge in [-0.15, -0.1) is 11.8 Å². The van der Waals surface area contributed by atoms with E-state index in [1.807, 2.05) is 55.1 Å². The topological polar surface area (TPSA) is 49.4 Å². The van der Waals surface area contributed by atoms with Crippen molar-refractivity contribution in [2.24, 2.45) is 0 Å². The molecular weight excluding hydrogens is 344 g/mol.